The number of nitrogens with zero attached hydrogens (tertiary/aromatic N) is 2. The van der Waals surface area contributed by atoms with Crippen LogP contribution in [-0.2, 0) is 35.0 Å². The molecule has 34 heavy (non-hydrogen) atoms. The molecule has 1 heterocycles. The highest BCUT2D eigenvalue weighted by Gasteiger charge is 2.35. The zero-order valence-corrected chi connectivity index (χ0v) is 21.5. The van der Waals surface area contributed by atoms with Crippen molar-refractivity contribution < 1.29 is 38.1 Å². The minimum atomic E-state index is -1.17. The molecular formula is C24H36N2O8. The van der Waals surface area contributed by atoms with E-state index in [1.807, 2.05) is 0 Å². The first-order chi connectivity index (χ1) is 15.6. The first kappa shape index (κ1) is 28.9. The molecule has 0 aliphatic heterocycles. The predicted molar refractivity (Wildman–Crippen MR) is 124 cm³/mol. The summed E-state index contributed by atoms with van der Waals surface area (Å²) >= 11 is 0. The van der Waals surface area contributed by atoms with Crippen molar-refractivity contribution in [3.05, 3.63) is 23.4 Å². The lowest BCUT2D eigenvalue weighted by Gasteiger charge is -2.28. The SMILES string of the molecule is CCOC(=O)C(Cc1cnc(N(C(=O)OC(C)(C)C)C(=O)OC(C)(C)C)cc1C)C(=O)OCC. The summed E-state index contributed by atoms with van der Waals surface area (Å²) in [5.41, 5.74) is -0.596. The second-order valence-electron chi connectivity index (χ2n) is 9.53. The van der Waals surface area contributed by atoms with Crippen LogP contribution in [-0.4, -0.2) is 53.5 Å². The van der Waals surface area contributed by atoms with E-state index in [4.69, 9.17) is 18.9 Å². The number of ether oxygens (including phenoxy) is 4. The van der Waals surface area contributed by atoms with Gasteiger partial charge in [0.05, 0.1) is 13.2 Å². The third-order valence-corrected chi connectivity index (χ3v) is 4.15. The van der Waals surface area contributed by atoms with Crippen LogP contribution < -0.4 is 4.90 Å². The normalized spacial score (nSPS) is 11.6. The number of carbonyl (C=O) groups is 4. The highest BCUT2D eigenvalue weighted by molar-refractivity contribution is 6.08. The molecule has 1 aromatic rings. The predicted octanol–water partition coefficient (Wildman–Crippen LogP) is 4.35. The third-order valence-electron chi connectivity index (χ3n) is 4.15. The monoisotopic (exact) mass is 480 g/mol. The van der Waals surface area contributed by atoms with Crippen LogP contribution in [0, 0.1) is 12.8 Å². The number of carbonyl (C=O) groups excluding carboxylic acids is 4. The lowest BCUT2D eigenvalue weighted by Crippen LogP contribution is -2.44. The van der Waals surface area contributed by atoms with E-state index in [2.05, 4.69) is 4.98 Å². The number of hydrogen-bond acceptors (Lipinski definition) is 9. The highest BCUT2D eigenvalue weighted by Crippen LogP contribution is 2.24. The zero-order chi connectivity index (χ0) is 26.3. The summed E-state index contributed by atoms with van der Waals surface area (Å²) in [4.78, 5) is 55.2. The van der Waals surface area contributed by atoms with E-state index in [1.165, 1.54) is 12.3 Å². The third kappa shape index (κ3) is 8.99. The number of pyridine rings is 1. The van der Waals surface area contributed by atoms with Gasteiger partial charge in [-0.3, -0.25) is 9.59 Å². The van der Waals surface area contributed by atoms with E-state index < -0.39 is 41.2 Å². The summed E-state index contributed by atoms with van der Waals surface area (Å²) in [6.45, 7) is 15.3. The van der Waals surface area contributed by atoms with Crippen LogP contribution in [0.4, 0.5) is 15.4 Å². The fraction of sp³-hybridized carbons (Fsp3) is 0.625. The van der Waals surface area contributed by atoms with Crippen LogP contribution in [0.2, 0.25) is 0 Å². The first-order valence-electron chi connectivity index (χ1n) is 11.1. The molecule has 0 radical (unpaired) electrons. The number of amides is 2. The Morgan fingerprint density at radius 1 is 0.882 bits per heavy atom. The van der Waals surface area contributed by atoms with Gasteiger partial charge in [-0.2, -0.15) is 4.90 Å². The second-order valence-corrected chi connectivity index (χ2v) is 9.53. The van der Waals surface area contributed by atoms with Crippen molar-refractivity contribution in [1.82, 2.24) is 4.98 Å². The maximum Gasteiger partial charge on any atom is 0.425 e. The van der Waals surface area contributed by atoms with Gasteiger partial charge in [0.25, 0.3) is 0 Å². The van der Waals surface area contributed by atoms with Gasteiger partial charge in [0, 0.05) is 6.20 Å². The molecule has 1 aromatic heterocycles. The van der Waals surface area contributed by atoms with E-state index in [0.717, 1.165) is 0 Å². The molecule has 0 N–H and O–H groups in total. The molecular weight excluding hydrogens is 444 g/mol. The van der Waals surface area contributed by atoms with Crippen molar-refractivity contribution in [3.63, 3.8) is 0 Å². The molecule has 0 aromatic carbocycles. The molecule has 0 saturated carbocycles. The molecule has 0 bridgehead atoms. The van der Waals surface area contributed by atoms with Crippen molar-refractivity contribution in [2.75, 3.05) is 18.1 Å². The largest absolute Gasteiger partial charge is 0.465 e. The molecule has 0 aliphatic rings. The maximum atomic E-state index is 12.8. The summed E-state index contributed by atoms with van der Waals surface area (Å²) in [7, 11) is 0. The Morgan fingerprint density at radius 2 is 1.32 bits per heavy atom. The Labute approximate surface area is 200 Å². The van der Waals surface area contributed by atoms with E-state index in [9.17, 15) is 19.2 Å². The molecule has 0 saturated heterocycles. The Hall–Kier alpha value is -3.17. The maximum absolute atomic E-state index is 12.8. The van der Waals surface area contributed by atoms with Crippen LogP contribution in [0.3, 0.4) is 0 Å². The minimum absolute atomic E-state index is 0.0182. The second kappa shape index (κ2) is 11.8. The number of imide groups is 1. The summed E-state index contributed by atoms with van der Waals surface area (Å²) in [5.74, 6) is -2.59. The molecule has 0 fully saturated rings. The van der Waals surface area contributed by atoms with Crippen LogP contribution in [0.15, 0.2) is 12.3 Å². The van der Waals surface area contributed by atoms with Gasteiger partial charge in [0.1, 0.15) is 17.0 Å². The molecule has 10 heteroatoms. The topological polar surface area (TPSA) is 121 Å². The van der Waals surface area contributed by atoms with Crippen molar-refractivity contribution in [2.24, 2.45) is 5.92 Å². The number of hydrogen-bond donors (Lipinski definition) is 0. The van der Waals surface area contributed by atoms with Crippen LogP contribution in [0.1, 0.15) is 66.5 Å². The molecule has 0 unspecified atom stereocenters. The molecule has 1 rings (SSSR count). The lowest BCUT2D eigenvalue weighted by atomic mass is 9.97. The molecule has 190 valence electrons. The van der Waals surface area contributed by atoms with Gasteiger partial charge in [0.15, 0.2) is 5.92 Å². The van der Waals surface area contributed by atoms with Gasteiger partial charge >= 0.3 is 24.1 Å². The van der Waals surface area contributed by atoms with E-state index in [1.54, 1.807) is 62.3 Å². The smallest absolute Gasteiger partial charge is 0.425 e. The number of anilines is 1. The highest BCUT2D eigenvalue weighted by atomic mass is 16.6. The number of esters is 2. The Morgan fingerprint density at radius 3 is 1.68 bits per heavy atom. The molecule has 10 nitrogen and oxygen atoms in total. The van der Waals surface area contributed by atoms with Gasteiger partial charge in [-0.05, 0) is 85.9 Å². The average molecular weight is 481 g/mol. The number of aryl methyl sites for hydroxylation is 1. The van der Waals surface area contributed by atoms with Crippen LogP contribution >= 0.6 is 0 Å². The van der Waals surface area contributed by atoms with E-state index >= 15 is 0 Å². The Kier molecular flexibility index (Phi) is 10.0. The van der Waals surface area contributed by atoms with Gasteiger partial charge in [-0.25, -0.2) is 14.6 Å². The standard InChI is InChI=1S/C24H36N2O8/c1-10-31-19(27)17(20(28)32-11-2)13-16-14-25-18(12-15(16)3)26(21(29)33-23(4,5)6)22(30)34-24(7,8)9/h12,14,17H,10-11,13H2,1-9H3. The van der Waals surface area contributed by atoms with Gasteiger partial charge < -0.3 is 18.9 Å². The fourth-order valence-electron chi connectivity index (χ4n) is 2.75. The van der Waals surface area contributed by atoms with Crippen molar-refractivity contribution >= 4 is 29.9 Å². The van der Waals surface area contributed by atoms with Crippen molar-refractivity contribution in [1.29, 1.82) is 0 Å². The Balaban J connectivity index is 3.34. The quantitative estimate of drug-likeness (QED) is 0.318. The number of rotatable bonds is 7. The summed E-state index contributed by atoms with van der Waals surface area (Å²) in [5, 5.41) is 0. The fourth-order valence-corrected chi connectivity index (χ4v) is 2.75. The van der Waals surface area contributed by atoms with Crippen LogP contribution in [0.25, 0.3) is 0 Å². The molecule has 2 amide bonds. The van der Waals surface area contributed by atoms with Crippen molar-refractivity contribution in [2.45, 2.75) is 79.9 Å². The summed E-state index contributed by atoms with van der Waals surface area (Å²) in [6.07, 6.45) is -0.525. The Bertz CT molecular complexity index is 853. The van der Waals surface area contributed by atoms with Gasteiger partial charge in [-0.15, -0.1) is 0 Å². The van der Waals surface area contributed by atoms with Crippen molar-refractivity contribution in [3.8, 4) is 0 Å². The molecule has 0 atom stereocenters. The molecule has 0 aliphatic carbocycles. The van der Waals surface area contributed by atoms with Gasteiger partial charge in [0.2, 0.25) is 0 Å². The minimum Gasteiger partial charge on any atom is -0.465 e. The molecule has 0 spiro atoms. The lowest BCUT2D eigenvalue weighted by molar-refractivity contribution is -0.161. The van der Waals surface area contributed by atoms with Gasteiger partial charge in [-0.1, -0.05) is 0 Å². The zero-order valence-electron chi connectivity index (χ0n) is 21.5. The van der Waals surface area contributed by atoms with E-state index in [-0.39, 0.29) is 25.5 Å². The number of aromatic nitrogens is 1. The van der Waals surface area contributed by atoms with Crippen LogP contribution in [0.5, 0.6) is 0 Å². The summed E-state index contributed by atoms with van der Waals surface area (Å²) in [6, 6.07) is 1.48. The summed E-state index contributed by atoms with van der Waals surface area (Å²) < 4.78 is 20.8. The first-order valence-corrected chi connectivity index (χ1v) is 11.1. The van der Waals surface area contributed by atoms with E-state index in [0.29, 0.717) is 16.0 Å². The average Bonchev–Trinajstić information content (AvgIpc) is 2.64.